The quantitative estimate of drug-likeness (QED) is 0.777. The maximum atomic E-state index is 11.5. The molecule has 2 saturated heterocycles. The first kappa shape index (κ1) is 16.9. The molecule has 0 aliphatic carbocycles. The Labute approximate surface area is 139 Å². The van der Waals surface area contributed by atoms with Crippen LogP contribution in [0.2, 0.25) is 0 Å². The molecule has 7 heteroatoms. The first-order valence-electron chi connectivity index (χ1n) is 7.81. The summed E-state index contributed by atoms with van der Waals surface area (Å²) in [5.41, 5.74) is 0.828. The van der Waals surface area contributed by atoms with Gasteiger partial charge < -0.3 is 23.7 Å². The minimum atomic E-state index is -0.797. The zero-order valence-corrected chi connectivity index (χ0v) is 13.7. The Morgan fingerprint density at radius 3 is 2.17 bits per heavy atom. The Balaban J connectivity index is 1.83. The molecule has 2 heterocycles. The van der Waals surface area contributed by atoms with Gasteiger partial charge in [-0.25, -0.2) is 0 Å². The number of ether oxygens (including phenoxy) is 5. The molecule has 0 saturated carbocycles. The zero-order valence-electron chi connectivity index (χ0n) is 13.7. The van der Waals surface area contributed by atoms with E-state index in [-0.39, 0.29) is 0 Å². The number of benzene rings is 1. The third-order valence-corrected chi connectivity index (χ3v) is 3.94. The summed E-state index contributed by atoms with van der Waals surface area (Å²) in [7, 11) is 0. The van der Waals surface area contributed by atoms with Gasteiger partial charge in [0.25, 0.3) is 0 Å². The molecule has 24 heavy (non-hydrogen) atoms. The number of carbonyl (C=O) groups excluding carboxylic acids is 2. The normalized spacial score (nSPS) is 35.1. The molecule has 0 spiro atoms. The lowest BCUT2D eigenvalue weighted by Crippen LogP contribution is -2.58. The van der Waals surface area contributed by atoms with Crippen molar-refractivity contribution in [3.63, 3.8) is 0 Å². The summed E-state index contributed by atoms with van der Waals surface area (Å²) in [6.07, 6.45) is -4.08. The predicted octanol–water partition coefficient (Wildman–Crippen LogP) is 1.71. The fourth-order valence-electron chi connectivity index (χ4n) is 2.97. The molecule has 1 aromatic carbocycles. The number of rotatable bonds is 3. The molecule has 6 unspecified atom stereocenters. The number of hydrogen-bond donors (Lipinski definition) is 0. The van der Waals surface area contributed by atoms with Gasteiger partial charge in [-0.15, -0.1) is 0 Å². The topological polar surface area (TPSA) is 80.3 Å². The smallest absolute Gasteiger partial charge is 0.303 e. The van der Waals surface area contributed by atoms with Gasteiger partial charge >= 0.3 is 11.9 Å². The SMILES string of the molecule is CC(=O)OC1C(C)OC2OC(c3ccccc3)OC2C1OC(C)=O. The average Bonchev–Trinajstić information content (AvgIpc) is 2.94. The summed E-state index contributed by atoms with van der Waals surface area (Å²) >= 11 is 0. The fraction of sp³-hybridized carbons (Fsp3) is 0.529. The fourth-order valence-corrected chi connectivity index (χ4v) is 2.97. The number of fused-ring (bicyclic) bond motifs is 1. The van der Waals surface area contributed by atoms with E-state index in [1.54, 1.807) is 6.92 Å². The van der Waals surface area contributed by atoms with Gasteiger partial charge in [0.15, 0.2) is 30.9 Å². The van der Waals surface area contributed by atoms with Crippen LogP contribution in [0.4, 0.5) is 0 Å². The van der Waals surface area contributed by atoms with Crippen LogP contribution in [0, 0.1) is 0 Å². The van der Waals surface area contributed by atoms with Crippen molar-refractivity contribution in [2.45, 2.75) is 57.8 Å². The van der Waals surface area contributed by atoms with E-state index >= 15 is 0 Å². The summed E-state index contributed by atoms with van der Waals surface area (Å²) in [6.45, 7) is 4.33. The van der Waals surface area contributed by atoms with Gasteiger partial charge in [0.2, 0.25) is 0 Å². The van der Waals surface area contributed by atoms with E-state index in [1.807, 2.05) is 30.3 Å². The first-order chi connectivity index (χ1) is 11.5. The second-order valence-electron chi connectivity index (χ2n) is 5.84. The summed E-state index contributed by atoms with van der Waals surface area (Å²) in [6, 6.07) is 9.38. The van der Waals surface area contributed by atoms with E-state index in [9.17, 15) is 9.59 Å². The van der Waals surface area contributed by atoms with Crippen LogP contribution in [0.15, 0.2) is 30.3 Å². The lowest BCUT2D eigenvalue weighted by molar-refractivity contribution is -0.253. The standard InChI is InChI=1S/C17H20O7/c1-9-13(21-10(2)18)14(22-11(3)19)15-17(20-9)24-16(23-15)12-7-5-4-6-8-12/h4-9,13-17H,1-3H3. The second-order valence-corrected chi connectivity index (χ2v) is 5.84. The van der Waals surface area contributed by atoms with Crippen molar-refractivity contribution < 1.29 is 33.3 Å². The van der Waals surface area contributed by atoms with Crippen LogP contribution in [0.1, 0.15) is 32.6 Å². The third-order valence-electron chi connectivity index (χ3n) is 3.94. The molecule has 2 aliphatic rings. The summed E-state index contributed by atoms with van der Waals surface area (Å²) in [4.78, 5) is 22.9. The van der Waals surface area contributed by atoms with Gasteiger partial charge in [0.1, 0.15) is 0 Å². The van der Waals surface area contributed by atoms with Crippen molar-refractivity contribution in [3.05, 3.63) is 35.9 Å². The van der Waals surface area contributed by atoms with Crippen LogP contribution in [0.3, 0.4) is 0 Å². The monoisotopic (exact) mass is 336 g/mol. The highest BCUT2D eigenvalue weighted by Gasteiger charge is 2.54. The first-order valence-corrected chi connectivity index (χ1v) is 7.81. The van der Waals surface area contributed by atoms with Crippen LogP contribution in [-0.2, 0) is 33.3 Å². The van der Waals surface area contributed by atoms with Gasteiger partial charge in [-0.3, -0.25) is 9.59 Å². The number of hydrogen-bond acceptors (Lipinski definition) is 7. The summed E-state index contributed by atoms with van der Waals surface area (Å²) < 4.78 is 28.2. The molecule has 0 radical (unpaired) electrons. The van der Waals surface area contributed by atoms with Gasteiger partial charge in [-0.2, -0.15) is 0 Å². The van der Waals surface area contributed by atoms with E-state index < -0.39 is 48.9 Å². The molecule has 130 valence electrons. The van der Waals surface area contributed by atoms with Crippen LogP contribution < -0.4 is 0 Å². The molecule has 2 fully saturated rings. The van der Waals surface area contributed by atoms with Crippen LogP contribution in [0.25, 0.3) is 0 Å². The molecule has 0 N–H and O–H groups in total. The molecule has 7 nitrogen and oxygen atoms in total. The lowest BCUT2D eigenvalue weighted by Gasteiger charge is -2.39. The van der Waals surface area contributed by atoms with E-state index in [1.165, 1.54) is 13.8 Å². The maximum Gasteiger partial charge on any atom is 0.303 e. The van der Waals surface area contributed by atoms with Crippen molar-refractivity contribution in [1.82, 2.24) is 0 Å². The van der Waals surface area contributed by atoms with Crippen molar-refractivity contribution in [1.29, 1.82) is 0 Å². The number of esters is 2. The van der Waals surface area contributed by atoms with Gasteiger partial charge in [-0.05, 0) is 6.92 Å². The molecule has 1 aromatic rings. The molecule has 0 bridgehead atoms. The molecule has 0 aromatic heterocycles. The van der Waals surface area contributed by atoms with Crippen molar-refractivity contribution in [2.24, 2.45) is 0 Å². The highest BCUT2D eigenvalue weighted by atomic mass is 16.8. The largest absolute Gasteiger partial charge is 0.456 e. The minimum Gasteiger partial charge on any atom is -0.456 e. The van der Waals surface area contributed by atoms with Gasteiger partial charge in [0.05, 0.1) is 6.10 Å². The maximum absolute atomic E-state index is 11.5. The third kappa shape index (κ3) is 3.43. The Morgan fingerprint density at radius 2 is 1.54 bits per heavy atom. The highest BCUT2D eigenvalue weighted by Crippen LogP contribution is 2.39. The Morgan fingerprint density at radius 1 is 0.917 bits per heavy atom. The molecular formula is C17H20O7. The van der Waals surface area contributed by atoms with Crippen LogP contribution in [-0.4, -0.2) is 42.6 Å². The second kappa shape index (κ2) is 6.88. The van der Waals surface area contributed by atoms with Gasteiger partial charge in [-0.1, -0.05) is 30.3 Å². The van der Waals surface area contributed by atoms with Crippen molar-refractivity contribution >= 4 is 11.9 Å². The highest BCUT2D eigenvalue weighted by molar-refractivity contribution is 5.67. The van der Waals surface area contributed by atoms with Crippen molar-refractivity contribution in [3.8, 4) is 0 Å². The average molecular weight is 336 g/mol. The van der Waals surface area contributed by atoms with Gasteiger partial charge in [0, 0.05) is 19.4 Å². The molecule has 2 aliphatic heterocycles. The molecule has 0 amide bonds. The van der Waals surface area contributed by atoms with Crippen molar-refractivity contribution in [2.75, 3.05) is 0 Å². The molecular weight excluding hydrogens is 316 g/mol. The lowest BCUT2D eigenvalue weighted by atomic mass is 9.99. The van der Waals surface area contributed by atoms with E-state index in [0.717, 1.165) is 5.56 Å². The summed E-state index contributed by atoms with van der Waals surface area (Å²) in [5.74, 6) is -0.971. The Kier molecular flexibility index (Phi) is 4.84. The van der Waals surface area contributed by atoms with E-state index in [2.05, 4.69) is 0 Å². The van der Waals surface area contributed by atoms with Crippen LogP contribution >= 0.6 is 0 Å². The number of carbonyl (C=O) groups is 2. The minimum absolute atomic E-state index is 0.482. The Bertz CT molecular complexity index is 602. The van der Waals surface area contributed by atoms with Crippen LogP contribution in [0.5, 0.6) is 0 Å². The van der Waals surface area contributed by atoms with E-state index in [4.69, 9.17) is 23.7 Å². The predicted molar refractivity (Wildman–Crippen MR) is 80.6 cm³/mol. The van der Waals surface area contributed by atoms with E-state index in [0.29, 0.717) is 0 Å². The zero-order chi connectivity index (χ0) is 17.3. The molecule has 3 rings (SSSR count). The molecule has 6 atom stereocenters. The Hall–Kier alpha value is -1.96. The summed E-state index contributed by atoms with van der Waals surface area (Å²) in [5, 5.41) is 0.